The van der Waals surface area contributed by atoms with Gasteiger partial charge in [-0.25, -0.2) is 0 Å². The highest BCUT2D eigenvalue weighted by molar-refractivity contribution is 9.10. The number of aliphatic hydroxyl groups excluding tert-OH is 1. The molecule has 3 atom stereocenters. The Hall–Kier alpha value is -0.870. The van der Waals surface area contributed by atoms with Gasteiger partial charge in [0.2, 0.25) is 5.91 Å². The highest BCUT2D eigenvalue weighted by Crippen LogP contribution is 2.51. The van der Waals surface area contributed by atoms with Crippen LogP contribution in [0.4, 0.5) is 0 Å². The van der Waals surface area contributed by atoms with E-state index in [4.69, 9.17) is 0 Å². The number of benzene rings is 1. The van der Waals surface area contributed by atoms with Crippen LogP contribution in [0.5, 0.6) is 0 Å². The molecule has 4 rings (SSSR count). The molecule has 4 heteroatoms. The summed E-state index contributed by atoms with van der Waals surface area (Å²) in [5.74, 6) is 1.12. The second-order valence-electron chi connectivity index (χ2n) is 6.87. The molecule has 1 aliphatic heterocycles. The number of hydrogen-bond donors (Lipinski definition) is 1. The Balaban J connectivity index is 1.54. The van der Waals surface area contributed by atoms with E-state index in [0.717, 1.165) is 48.8 Å². The Labute approximate surface area is 133 Å². The maximum atomic E-state index is 13.0. The van der Waals surface area contributed by atoms with Crippen LogP contribution >= 0.6 is 15.9 Å². The lowest BCUT2D eigenvalue weighted by atomic mass is 9.94. The Morgan fingerprint density at radius 1 is 1.19 bits per heavy atom. The van der Waals surface area contributed by atoms with Gasteiger partial charge in [-0.1, -0.05) is 28.1 Å². The van der Waals surface area contributed by atoms with Crippen LogP contribution in [-0.2, 0) is 10.2 Å². The second kappa shape index (κ2) is 4.82. The first kappa shape index (κ1) is 13.8. The number of likely N-dealkylation sites (tertiary alicyclic amines) is 1. The van der Waals surface area contributed by atoms with Crippen molar-refractivity contribution < 1.29 is 9.90 Å². The summed E-state index contributed by atoms with van der Waals surface area (Å²) in [6.07, 6.45) is 3.70. The van der Waals surface area contributed by atoms with Crippen molar-refractivity contribution in [1.29, 1.82) is 0 Å². The van der Waals surface area contributed by atoms with Gasteiger partial charge in [-0.3, -0.25) is 4.79 Å². The standard InChI is InChI=1S/C17H20BrNO2/c18-13-4-2-12(3-5-13)17(7-8-17)16(21)19-9-11-1-6-15(20)14(11)10-19/h2-5,11,14-15,20H,1,6-10H2. The van der Waals surface area contributed by atoms with Gasteiger partial charge in [0.15, 0.2) is 0 Å². The minimum Gasteiger partial charge on any atom is -0.393 e. The highest BCUT2D eigenvalue weighted by Gasteiger charge is 2.55. The topological polar surface area (TPSA) is 40.5 Å². The predicted molar refractivity (Wildman–Crippen MR) is 83.9 cm³/mol. The molecule has 2 aliphatic carbocycles. The molecule has 0 aromatic heterocycles. The lowest BCUT2D eigenvalue weighted by Gasteiger charge is -2.24. The van der Waals surface area contributed by atoms with Crippen molar-refractivity contribution in [3.8, 4) is 0 Å². The molecule has 0 radical (unpaired) electrons. The molecule has 3 aliphatic rings. The Kier molecular flexibility index (Phi) is 3.16. The maximum Gasteiger partial charge on any atom is 0.233 e. The van der Waals surface area contributed by atoms with Crippen LogP contribution in [0, 0.1) is 11.8 Å². The summed E-state index contributed by atoms with van der Waals surface area (Å²) in [6, 6.07) is 8.18. The molecule has 1 aromatic carbocycles. The number of aliphatic hydroxyl groups is 1. The molecule has 3 nitrogen and oxygen atoms in total. The van der Waals surface area contributed by atoms with Crippen molar-refractivity contribution in [2.75, 3.05) is 13.1 Å². The van der Waals surface area contributed by atoms with Gasteiger partial charge in [-0.15, -0.1) is 0 Å². The van der Waals surface area contributed by atoms with Gasteiger partial charge in [-0.2, -0.15) is 0 Å². The monoisotopic (exact) mass is 349 g/mol. The third-order valence-electron chi connectivity index (χ3n) is 5.66. The first-order chi connectivity index (χ1) is 10.1. The van der Waals surface area contributed by atoms with Crippen molar-refractivity contribution in [3.63, 3.8) is 0 Å². The molecule has 2 saturated carbocycles. The summed E-state index contributed by atoms with van der Waals surface area (Å²) >= 11 is 3.45. The summed E-state index contributed by atoms with van der Waals surface area (Å²) in [4.78, 5) is 15.0. The molecular weight excluding hydrogens is 330 g/mol. The number of carbonyl (C=O) groups excluding carboxylic acids is 1. The van der Waals surface area contributed by atoms with Crippen LogP contribution < -0.4 is 0 Å². The van der Waals surface area contributed by atoms with Crippen LogP contribution in [0.1, 0.15) is 31.2 Å². The van der Waals surface area contributed by atoms with Gasteiger partial charge in [0.1, 0.15) is 0 Å². The molecule has 0 bridgehead atoms. The lowest BCUT2D eigenvalue weighted by Crippen LogP contribution is -2.39. The summed E-state index contributed by atoms with van der Waals surface area (Å²) in [5.41, 5.74) is 0.873. The highest BCUT2D eigenvalue weighted by atomic mass is 79.9. The zero-order chi connectivity index (χ0) is 14.6. The third kappa shape index (κ3) is 2.15. The molecule has 1 heterocycles. The third-order valence-corrected chi connectivity index (χ3v) is 6.19. The van der Waals surface area contributed by atoms with Crippen molar-refractivity contribution in [2.45, 2.75) is 37.2 Å². The fourth-order valence-corrected chi connectivity index (χ4v) is 4.49. The minimum absolute atomic E-state index is 0.198. The molecule has 1 aromatic rings. The number of hydrogen-bond acceptors (Lipinski definition) is 2. The summed E-state index contributed by atoms with van der Waals surface area (Å²) in [5, 5.41) is 10.0. The first-order valence-corrected chi connectivity index (χ1v) is 8.63. The number of halogens is 1. The van der Waals surface area contributed by atoms with Crippen molar-refractivity contribution >= 4 is 21.8 Å². The zero-order valence-electron chi connectivity index (χ0n) is 12.0. The molecule has 3 fully saturated rings. The normalized spacial score (nSPS) is 33.0. The Morgan fingerprint density at radius 2 is 1.90 bits per heavy atom. The van der Waals surface area contributed by atoms with Crippen molar-refractivity contribution in [1.82, 2.24) is 4.90 Å². The molecule has 21 heavy (non-hydrogen) atoms. The van der Waals surface area contributed by atoms with Gasteiger partial charge in [0, 0.05) is 23.5 Å². The predicted octanol–water partition coefficient (Wildman–Crippen LogP) is 2.71. The first-order valence-electron chi connectivity index (χ1n) is 7.84. The zero-order valence-corrected chi connectivity index (χ0v) is 13.6. The van der Waals surface area contributed by atoms with Crippen LogP contribution in [0.3, 0.4) is 0 Å². The number of amides is 1. The molecule has 1 amide bonds. The maximum absolute atomic E-state index is 13.0. The lowest BCUT2D eigenvalue weighted by molar-refractivity contribution is -0.133. The van der Waals surface area contributed by atoms with Crippen LogP contribution in [0.25, 0.3) is 0 Å². The molecule has 1 saturated heterocycles. The summed E-state index contributed by atoms with van der Waals surface area (Å²) in [6.45, 7) is 1.60. The number of rotatable bonds is 2. The van der Waals surface area contributed by atoms with E-state index in [1.165, 1.54) is 0 Å². The van der Waals surface area contributed by atoms with Gasteiger partial charge in [-0.05, 0) is 49.3 Å². The quantitative estimate of drug-likeness (QED) is 0.891. The van der Waals surface area contributed by atoms with E-state index in [1.807, 2.05) is 17.0 Å². The second-order valence-corrected chi connectivity index (χ2v) is 7.78. The van der Waals surface area contributed by atoms with Gasteiger partial charge < -0.3 is 10.0 Å². The van der Waals surface area contributed by atoms with E-state index in [-0.39, 0.29) is 17.4 Å². The molecule has 0 spiro atoms. The molecular formula is C17H20BrNO2. The fraction of sp³-hybridized carbons (Fsp3) is 0.588. The van der Waals surface area contributed by atoms with E-state index in [2.05, 4.69) is 28.1 Å². The van der Waals surface area contributed by atoms with E-state index < -0.39 is 0 Å². The SMILES string of the molecule is O=C(N1CC2CCC(O)C2C1)C1(c2ccc(Br)cc2)CC1. The smallest absolute Gasteiger partial charge is 0.233 e. The average molecular weight is 350 g/mol. The van der Waals surface area contributed by atoms with Gasteiger partial charge in [0.05, 0.1) is 11.5 Å². The van der Waals surface area contributed by atoms with Crippen LogP contribution in [0.2, 0.25) is 0 Å². The Bertz CT molecular complexity index is 567. The van der Waals surface area contributed by atoms with E-state index in [9.17, 15) is 9.90 Å². The molecule has 112 valence electrons. The largest absolute Gasteiger partial charge is 0.393 e. The molecule has 1 N–H and O–H groups in total. The van der Waals surface area contributed by atoms with Gasteiger partial charge >= 0.3 is 0 Å². The van der Waals surface area contributed by atoms with Crippen LogP contribution in [0.15, 0.2) is 28.7 Å². The minimum atomic E-state index is -0.274. The Morgan fingerprint density at radius 3 is 2.52 bits per heavy atom. The number of fused-ring (bicyclic) bond motifs is 1. The summed E-state index contributed by atoms with van der Waals surface area (Å²) < 4.78 is 1.05. The summed E-state index contributed by atoms with van der Waals surface area (Å²) in [7, 11) is 0. The van der Waals surface area contributed by atoms with E-state index >= 15 is 0 Å². The fourth-order valence-electron chi connectivity index (χ4n) is 4.23. The number of nitrogens with zero attached hydrogens (tertiary/aromatic N) is 1. The number of carbonyl (C=O) groups is 1. The molecule has 3 unspecified atom stereocenters. The van der Waals surface area contributed by atoms with E-state index in [1.54, 1.807) is 0 Å². The van der Waals surface area contributed by atoms with Crippen LogP contribution in [-0.4, -0.2) is 35.1 Å². The van der Waals surface area contributed by atoms with Crippen molar-refractivity contribution in [3.05, 3.63) is 34.3 Å². The van der Waals surface area contributed by atoms with Crippen molar-refractivity contribution in [2.24, 2.45) is 11.8 Å². The average Bonchev–Trinajstić information content (AvgIpc) is 3.06. The van der Waals surface area contributed by atoms with Gasteiger partial charge in [0.25, 0.3) is 0 Å². The van der Waals surface area contributed by atoms with E-state index in [0.29, 0.717) is 11.8 Å².